The number of carbonyl (C=O) groups is 1. The fourth-order valence-corrected chi connectivity index (χ4v) is 2.93. The van der Waals surface area contributed by atoms with Gasteiger partial charge in [-0.15, -0.1) is 5.10 Å². The number of pyridine rings is 1. The molecule has 0 aliphatic heterocycles. The van der Waals surface area contributed by atoms with Crippen LogP contribution in [-0.4, -0.2) is 31.8 Å². The van der Waals surface area contributed by atoms with E-state index < -0.39 is 5.91 Å². The van der Waals surface area contributed by atoms with Crippen LogP contribution in [-0.2, 0) is 13.6 Å². The summed E-state index contributed by atoms with van der Waals surface area (Å²) < 4.78 is 8.15. The number of hydrogen-bond acceptors (Lipinski definition) is 6. The Hall–Kier alpha value is -4.01. The van der Waals surface area contributed by atoms with Gasteiger partial charge in [-0.1, -0.05) is 18.2 Å². The van der Waals surface area contributed by atoms with Crippen molar-refractivity contribution in [3.63, 3.8) is 0 Å². The molecule has 0 saturated carbocycles. The summed E-state index contributed by atoms with van der Waals surface area (Å²) in [7, 11) is 1.61. The standard InChI is InChI=1S/C20H17N5O4/c1-24-18(14-7-4-5-9-21-14)23-25(20(24)28)11-10-22-19(27)17-12-15(26)13-6-2-3-8-16(13)29-17/h2-9,12H,10-11H2,1H3,(H,22,27). The summed E-state index contributed by atoms with van der Waals surface area (Å²) in [5.41, 5.74) is 0.300. The summed E-state index contributed by atoms with van der Waals surface area (Å²) in [6, 6.07) is 13.2. The molecule has 0 fully saturated rings. The molecule has 0 unspecified atom stereocenters. The summed E-state index contributed by atoms with van der Waals surface area (Å²) in [5, 5.41) is 7.33. The first-order chi connectivity index (χ1) is 14.0. The molecule has 1 N–H and O–H groups in total. The molecule has 3 aromatic heterocycles. The third-order valence-corrected chi connectivity index (χ3v) is 4.40. The number of fused-ring (bicyclic) bond motifs is 1. The van der Waals surface area contributed by atoms with Crippen molar-refractivity contribution < 1.29 is 9.21 Å². The van der Waals surface area contributed by atoms with Crippen molar-refractivity contribution >= 4 is 16.9 Å². The number of nitrogens with zero attached hydrogens (tertiary/aromatic N) is 4. The average molecular weight is 391 g/mol. The van der Waals surface area contributed by atoms with Gasteiger partial charge in [0, 0.05) is 25.9 Å². The summed E-state index contributed by atoms with van der Waals surface area (Å²) in [4.78, 5) is 41.0. The summed E-state index contributed by atoms with van der Waals surface area (Å²) in [6.45, 7) is 0.289. The molecule has 0 aliphatic carbocycles. The third kappa shape index (κ3) is 3.57. The fourth-order valence-electron chi connectivity index (χ4n) is 2.93. The molecule has 0 radical (unpaired) electrons. The maximum Gasteiger partial charge on any atom is 0.346 e. The molecule has 0 atom stereocenters. The Morgan fingerprint density at radius 1 is 1.14 bits per heavy atom. The molecular weight excluding hydrogens is 374 g/mol. The highest BCUT2D eigenvalue weighted by Gasteiger charge is 2.15. The van der Waals surface area contributed by atoms with Crippen LogP contribution in [0.15, 0.2) is 68.7 Å². The van der Waals surface area contributed by atoms with Crippen molar-refractivity contribution in [2.75, 3.05) is 6.54 Å². The molecule has 146 valence electrons. The second-order valence-corrected chi connectivity index (χ2v) is 6.33. The zero-order chi connectivity index (χ0) is 20.4. The average Bonchev–Trinajstić information content (AvgIpc) is 3.03. The predicted molar refractivity (Wildman–Crippen MR) is 106 cm³/mol. The van der Waals surface area contributed by atoms with Crippen LogP contribution in [0.2, 0.25) is 0 Å². The highest BCUT2D eigenvalue weighted by Crippen LogP contribution is 2.12. The third-order valence-electron chi connectivity index (χ3n) is 4.40. The lowest BCUT2D eigenvalue weighted by Crippen LogP contribution is -2.32. The van der Waals surface area contributed by atoms with Crippen molar-refractivity contribution in [3.8, 4) is 11.5 Å². The molecule has 0 spiro atoms. The Balaban J connectivity index is 1.48. The molecule has 0 saturated heterocycles. The molecule has 4 aromatic rings. The lowest BCUT2D eigenvalue weighted by atomic mass is 10.2. The lowest BCUT2D eigenvalue weighted by Gasteiger charge is -2.05. The van der Waals surface area contributed by atoms with Gasteiger partial charge in [0.05, 0.1) is 11.9 Å². The molecular formula is C20H17N5O4. The van der Waals surface area contributed by atoms with Crippen LogP contribution in [0.3, 0.4) is 0 Å². The van der Waals surface area contributed by atoms with Gasteiger partial charge in [-0.2, -0.15) is 0 Å². The van der Waals surface area contributed by atoms with Crippen molar-refractivity contribution in [1.82, 2.24) is 24.6 Å². The van der Waals surface area contributed by atoms with E-state index in [1.165, 1.54) is 9.25 Å². The highest BCUT2D eigenvalue weighted by atomic mass is 16.3. The zero-order valence-corrected chi connectivity index (χ0v) is 15.5. The lowest BCUT2D eigenvalue weighted by molar-refractivity contribution is 0.0924. The Bertz CT molecular complexity index is 1300. The second kappa shape index (κ2) is 7.55. The zero-order valence-electron chi connectivity index (χ0n) is 15.5. The number of rotatable bonds is 5. The number of para-hydroxylation sites is 1. The molecule has 1 amide bonds. The van der Waals surface area contributed by atoms with Crippen LogP contribution in [0.4, 0.5) is 0 Å². The predicted octanol–water partition coefficient (Wildman–Crippen LogP) is 1.18. The van der Waals surface area contributed by atoms with Crippen LogP contribution in [0.1, 0.15) is 10.6 Å². The van der Waals surface area contributed by atoms with E-state index in [9.17, 15) is 14.4 Å². The van der Waals surface area contributed by atoms with E-state index in [1.54, 1.807) is 49.6 Å². The SMILES string of the molecule is Cn1c(-c2ccccn2)nn(CCNC(=O)c2cc(=O)c3ccccc3o2)c1=O. The largest absolute Gasteiger partial charge is 0.451 e. The minimum Gasteiger partial charge on any atom is -0.451 e. The maximum atomic E-state index is 12.4. The summed E-state index contributed by atoms with van der Waals surface area (Å²) in [5.74, 6) is -0.194. The summed E-state index contributed by atoms with van der Waals surface area (Å²) in [6.07, 6.45) is 1.62. The van der Waals surface area contributed by atoms with E-state index in [4.69, 9.17) is 4.42 Å². The summed E-state index contributed by atoms with van der Waals surface area (Å²) >= 11 is 0. The van der Waals surface area contributed by atoms with Gasteiger partial charge >= 0.3 is 5.69 Å². The first-order valence-electron chi connectivity index (χ1n) is 8.91. The van der Waals surface area contributed by atoms with Gasteiger partial charge in [0.25, 0.3) is 5.91 Å². The van der Waals surface area contributed by atoms with E-state index in [2.05, 4.69) is 15.4 Å². The highest BCUT2D eigenvalue weighted by molar-refractivity contribution is 5.93. The molecule has 4 rings (SSSR count). The van der Waals surface area contributed by atoms with Gasteiger partial charge in [0.1, 0.15) is 11.3 Å². The molecule has 0 bridgehead atoms. The second-order valence-electron chi connectivity index (χ2n) is 6.33. The van der Waals surface area contributed by atoms with Crippen LogP contribution >= 0.6 is 0 Å². The number of nitrogens with one attached hydrogen (secondary N) is 1. The maximum absolute atomic E-state index is 12.4. The molecule has 0 aliphatic rings. The van der Waals surface area contributed by atoms with Gasteiger partial charge < -0.3 is 9.73 Å². The first-order valence-corrected chi connectivity index (χ1v) is 8.91. The number of hydrogen-bond donors (Lipinski definition) is 1. The molecule has 3 heterocycles. The van der Waals surface area contributed by atoms with Crippen molar-refractivity contribution in [3.05, 3.63) is 81.2 Å². The van der Waals surface area contributed by atoms with E-state index >= 15 is 0 Å². The Labute approximate surface area is 164 Å². The van der Waals surface area contributed by atoms with Crippen molar-refractivity contribution in [1.29, 1.82) is 0 Å². The van der Waals surface area contributed by atoms with E-state index in [0.717, 1.165) is 6.07 Å². The van der Waals surface area contributed by atoms with Crippen LogP contribution < -0.4 is 16.4 Å². The van der Waals surface area contributed by atoms with E-state index in [-0.39, 0.29) is 30.0 Å². The number of aromatic nitrogens is 4. The Morgan fingerprint density at radius 3 is 2.72 bits per heavy atom. The number of carbonyl (C=O) groups excluding carboxylic acids is 1. The molecule has 9 nitrogen and oxygen atoms in total. The number of benzene rings is 1. The van der Waals surface area contributed by atoms with Crippen LogP contribution in [0.5, 0.6) is 0 Å². The van der Waals surface area contributed by atoms with Crippen LogP contribution in [0.25, 0.3) is 22.5 Å². The van der Waals surface area contributed by atoms with Gasteiger partial charge in [0.2, 0.25) is 0 Å². The Morgan fingerprint density at radius 2 is 1.93 bits per heavy atom. The smallest absolute Gasteiger partial charge is 0.346 e. The molecule has 1 aromatic carbocycles. The van der Waals surface area contributed by atoms with Gasteiger partial charge in [-0.3, -0.25) is 19.1 Å². The minimum atomic E-state index is -0.540. The van der Waals surface area contributed by atoms with E-state index in [1.807, 2.05) is 6.07 Å². The monoisotopic (exact) mass is 391 g/mol. The van der Waals surface area contributed by atoms with Crippen molar-refractivity contribution in [2.24, 2.45) is 7.05 Å². The van der Waals surface area contributed by atoms with E-state index in [0.29, 0.717) is 22.5 Å². The quantitative estimate of drug-likeness (QED) is 0.547. The fraction of sp³-hybridized carbons (Fsp3) is 0.150. The van der Waals surface area contributed by atoms with Gasteiger partial charge in [-0.25, -0.2) is 9.48 Å². The number of amides is 1. The van der Waals surface area contributed by atoms with Crippen molar-refractivity contribution in [2.45, 2.75) is 6.54 Å². The molecule has 29 heavy (non-hydrogen) atoms. The van der Waals surface area contributed by atoms with Gasteiger partial charge in [-0.05, 0) is 24.3 Å². The normalized spacial score (nSPS) is 10.9. The van der Waals surface area contributed by atoms with Crippen LogP contribution in [0, 0.1) is 0 Å². The van der Waals surface area contributed by atoms with Gasteiger partial charge in [0.15, 0.2) is 17.0 Å². The minimum absolute atomic E-state index is 0.0868. The topological polar surface area (TPSA) is 112 Å². The first kappa shape index (κ1) is 18.4. The molecule has 9 heteroatoms. The Kier molecular flexibility index (Phi) is 4.78.